The largest absolute Gasteiger partial charge is 0.460 e. The lowest BCUT2D eigenvalue weighted by Gasteiger charge is -2.02. The fourth-order valence-electron chi connectivity index (χ4n) is 2.87. The average Bonchev–Trinajstić information content (AvgIpc) is 2.91. The van der Waals surface area contributed by atoms with Gasteiger partial charge in [0.2, 0.25) is 0 Å². The lowest BCUT2D eigenvalue weighted by Crippen LogP contribution is -2.04. The zero-order valence-corrected chi connectivity index (χ0v) is 13.0. The fourth-order valence-corrected chi connectivity index (χ4v) is 2.87. The molecule has 0 spiro atoms. The third-order valence-corrected chi connectivity index (χ3v) is 3.86. The highest BCUT2D eigenvalue weighted by Gasteiger charge is 2.09. The van der Waals surface area contributed by atoms with E-state index in [0.717, 1.165) is 12.1 Å². The normalized spacial score (nSPS) is 11.6. The van der Waals surface area contributed by atoms with Gasteiger partial charge in [0.05, 0.1) is 6.61 Å². The molecule has 1 heterocycles. The predicted molar refractivity (Wildman–Crippen MR) is 92.2 cm³/mol. The van der Waals surface area contributed by atoms with Crippen LogP contribution in [0.2, 0.25) is 0 Å². The number of benzene rings is 2. The molecule has 0 saturated carbocycles. The quantitative estimate of drug-likeness (QED) is 0.581. The molecule has 0 unspecified atom stereocenters. The van der Waals surface area contributed by atoms with Crippen molar-refractivity contribution in [2.45, 2.75) is 13.5 Å². The van der Waals surface area contributed by atoms with Crippen LogP contribution in [0, 0.1) is 0 Å². The second-order valence-electron chi connectivity index (χ2n) is 5.26. The van der Waals surface area contributed by atoms with Gasteiger partial charge < -0.3 is 14.4 Å². The second kappa shape index (κ2) is 6.67. The summed E-state index contributed by atoms with van der Waals surface area (Å²) in [4.78, 5) is 11.5. The molecule has 3 aromatic rings. The first-order valence-corrected chi connectivity index (χ1v) is 7.71. The second-order valence-corrected chi connectivity index (χ2v) is 5.26. The summed E-state index contributed by atoms with van der Waals surface area (Å²) in [6.45, 7) is 2.90. The number of esters is 1. The molecule has 0 aliphatic heterocycles. The van der Waals surface area contributed by atoms with Crippen LogP contribution in [-0.2, 0) is 16.1 Å². The van der Waals surface area contributed by atoms with E-state index in [4.69, 9.17) is 9.84 Å². The molecule has 23 heavy (non-hydrogen) atoms. The Morgan fingerprint density at radius 2 is 1.96 bits per heavy atom. The predicted octanol–water partition coefficient (Wildman–Crippen LogP) is 3.36. The molecule has 1 N–H and O–H groups in total. The minimum atomic E-state index is -0.449. The molecule has 2 aromatic carbocycles. The van der Waals surface area contributed by atoms with Crippen LogP contribution in [0.3, 0.4) is 0 Å². The summed E-state index contributed by atoms with van der Waals surface area (Å²) >= 11 is 0. The van der Waals surface area contributed by atoms with Gasteiger partial charge in [0.25, 0.3) is 0 Å². The van der Waals surface area contributed by atoms with Gasteiger partial charge in [0.15, 0.2) is 0 Å². The van der Waals surface area contributed by atoms with Gasteiger partial charge >= 0.3 is 5.97 Å². The van der Waals surface area contributed by atoms with Crippen molar-refractivity contribution in [2.24, 2.45) is 0 Å². The van der Waals surface area contributed by atoms with Crippen LogP contribution < -0.4 is 0 Å². The number of hydrogen-bond acceptors (Lipinski definition) is 3. The Balaban J connectivity index is 2.00. The Bertz CT molecular complexity index is 877. The Morgan fingerprint density at radius 3 is 2.74 bits per heavy atom. The molecule has 3 rings (SSSR count). The van der Waals surface area contributed by atoms with Gasteiger partial charge in [-0.25, -0.2) is 4.79 Å². The van der Waals surface area contributed by atoms with Crippen molar-refractivity contribution in [1.82, 2.24) is 4.57 Å². The first kappa shape index (κ1) is 15.3. The van der Waals surface area contributed by atoms with Crippen LogP contribution in [0.15, 0.2) is 48.5 Å². The van der Waals surface area contributed by atoms with Crippen LogP contribution in [0.1, 0.15) is 12.5 Å². The van der Waals surface area contributed by atoms with E-state index in [1.807, 2.05) is 18.2 Å². The highest BCUT2D eigenvalue weighted by atomic mass is 16.5. The number of para-hydroxylation sites is 1. The smallest absolute Gasteiger partial charge is 0.330 e. The fraction of sp³-hybridized carbons (Fsp3) is 0.211. The Kier molecular flexibility index (Phi) is 4.44. The summed E-state index contributed by atoms with van der Waals surface area (Å²) < 4.78 is 7.10. The van der Waals surface area contributed by atoms with Gasteiger partial charge in [-0.1, -0.05) is 24.3 Å². The zero-order chi connectivity index (χ0) is 16.2. The number of rotatable bonds is 5. The van der Waals surface area contributed by atoms with Crippen molar-refractivity contribution >= 4 is 33.9 Å². The minimum Gasteiger partial charge on any atom is -0.460 e. The lowest BCUT2D eigenvalue weighted by atomic mass is 10.1. The molecule has 0 aliphatic rings. The molecule has 4 nitrogen and oxygen atoms in total. The van der Waals surface area contributed by atoms with Crippen molar-refractivity contribution in [1.29, 1.82) is 0 Å². The van der Waals surface area contributed by atoms with E-state index in [1.54, 1.807) is 6.08 Å². The molecule has 0 radical (unpaired) electrons. The zero-order valence-electron chi connectivity index (χ0n) is 13.0. The SMILES string of the molecule is CCn1c2ccccc2c2cc(/C=C/C(=O)OCCO)ccc21. The molecule has 1 aromatic heterocycles. The van der Waals surface area contributed by atoms with E-state index in [2.05, 4.69) is 35.8 Å². The van der Waals surface area contributed by atoms with Gasteiger partial charge in [0, 0.05) is 34.4 Å². The van der Waals surface area contributed by atoms with Gasteiger partial charge in [-0.05, 0) is 36.8 Å². The first-order chi connectivity index (χ1) is 11.2. The Labute approximate surface area is 134 Å². The third kappa shape index (κ3) is 2.98. The molecule has 0 bridgehead atoms. The maximum atomic E-state index is 11.5. The lowest BCUT2D eigenvalue weighted by molar-refractivity contribution is -0.138. The van der Waals surface area contributed by atoms with E-state index in [1.165, 1.54) is 27.9 Å². The van der Waals surface area contributed by atoms with Crippen molar-refractivity contribution in [2.75, 3.05) is 13.2 Å². The molecule has 0 atom stereocenters. The summed E-state index contributed by atoms with van der Waals surface area (Å²) in [7, 11) is 0. The molecule has 0 amide bonds. The van der Waals surface area contributed by atoms with E-state index in [9.17, 15) is 4.79 Å². The molecule has 0 fully saturated rings. The van der Waals surface area contributed by atoms with Crippen molar-refractivity contribution in [3.8, 4) is 0 Å². The first-order valence-electron chi connectivity index (χ1n) is 7.71. The van der Waals surface area contributed by atoms with Crippen LogP contribution in [-0.4, -0.2) is 28.9 Å². The van der Waals surface area contributed by atoms with Crippen molar-refractivity contribution in [3.05, 3.63) is 54.1 Å². The van der Waals surface area contributed by atoms with Crippen molar-refractivity contribution < 1.29 is 14.6 Å². The van der Waals surface area contributed by atoms with Gasteiger partial charge in [-0.15, -0.1) is 0 Å². The summed E-state index contributed by atoms with van der Waals surface area (Å²) in [6, 6.07) is 14.5. The average molecular weight is 309 g/mol. The molecule has 0 saturated heterocycles. The topological polar surface area (TPSA) is 51.5 Å². The highest BCUT2D eigenvalue weighted by Crippen LogP contribution is 2.29. The number of aryl methyl sites for hydroxylation is 1. The van der Waals surface area contributed by atoms with E-state index in [-0.39, 0.29) is 13.2 Å². The van der Waals surface area contributed by atoms with Gasteiger partial charge in [0.1, 0.15) is 6.61 Å². The highest BCUT2D eigenvalue weighted by molar-refractivity contribution is 6.08. The maximum absolute atomic E-state index is 11.5. The molecule has 118 valence electrons. The summed E-state index contributed by atoms with van der Waals surface area (Å²) in [6.07, 6.45) is 3.12. The van der Waals surface area contributed by atoms with Crippen LogP contribution in [0.25, 0.3) is 27.9 Å². The van der Waals surface area contributed by atoms with E-state index < -0.39 is 5.97 Å². The monoisotopic (exact) mass is 309 g/mol. The number of carbonyl (C=O) groups is 1. The van der Waals surface area contributed by atoms with Crippen LogP contribution >= 0.6 is 0 Å². The standard InChI is InChI=1S/C19H19NO3/c1-2-20-17-6-4-3-5-15(17)16-13-14(7-9-18(16)20)8-10-19(22)23-12-11-21/h3-10,13,21H,2,11-12H2,1H3/b10-8+. The number of ether oxygens (including phenoxy) is 1. The summed E-state index contributed by atoms with van der Waals surface area (Å²) in [5.41, 5.74) is 3.35. The van der Waals surface area contributed by atoms with E-state index in [0.29, 0.717) is 0 Å². The van der Waals surface area contributed by atoms with Gasteiger partial charge in [-0.2, -0.15) is 0 Å². The Hall–Kier alpha value is -2.59. The van der Waals surface area contributed by atoms with E-state index >= 15 is 0 Å². The molecular formula is C19H19NO3. The Morgan fingerprint density at radius 1 is 1.17 bits per heavy atom. The molecule has 4 heteroatoms. The maximum Gasteiger partial charge on any atom is 0.330 e. The van der Waals surface area contributed by atoms with Crippen LogP contribution in [0.4, 0.5) is 0 Å². The minimum absolute atomic E-state index is 0.0200. The summed E-state index contributed by atoms with van der Waals surface area (Å²) in [5, 5.41) is 11.0. The summed E-state index contributed by atoms with van der Waals surface area (Å²) in [5.74, 6) is -0.449. The third-order valence-electron chi connectivity index (χ3n) is 3.86. The van der Waals surface area contributed by atoms with Crippen LogP contribution in [0.5, 0.6) is 0 Å². The number of fused-ring (bicyclic) bond motifs is 3. The number of aliphatic hydroxyl groups excluding tert-OH is 1. The number of nitrogens with zero attached hydrogens (tertiary/aromatic N) is 1. The molecule has 0 aliphatic carbocycles. The number of carbonyl (C=O) groups excluding carboxylic acids is 1. The van der Waals surface area contributed by atoms with Gasteiger partial charge in [-0.3, -0.25) is 0 Å². The number of aliphatic hydroxyl groups is 1. The number of hydrogen-bond donors (Lipinski definition) is 1. The molecular weight excluding hydrogens is 290 g/mol. The number of aromatic nitrogens is 1. The van der Waals surface area contributed by atoms with Crippen molar-refractivity contribution in [3.63, 3.8) is 0 Å².